The van der Waals surface area contributed by atoms with Crippen LogP contribution < -0.4 is 0 Å². The van der Waals surface area contributed by atoms with Gasteiger partial charge in [0.25, 0.3) is 0 Å². The van der Waals surface area contributed by atoms with Gasteiger partial charge in [-0.15, -0.1) is 6.58 Å². The van der Waals surface area contributed by atoms with E-state index in [0.29, 0.717) is 25.4 Å². The molecule has 1 aromatic heterocycles. The number of aryl methyl sites for hydroxylation is 1. The zero-order chi connectivity index (χ0) is 17.5. The van der Waals surface area contributed by atoms with Crippen LogP contribution in [0.25, 0.3) is 0 Å². The topological polar surface area (TPSA) is 25.2 Å². The van der Waals surface area contributed by atoms with Crippen molar-refractivity contribution in [1.82, 2.24) is 9.47 Å². The van der Waals surface area contributed by atoms with E-state index in [1.54, 1.807) is 6.08 Å². The Balaban J connectivity index is 2.14. The summed E-state index contributed by atoms with van der Waals surface area (Å²) in [7, 11) is 0. The van der Waals surface area contributed by atoms with Crippen molar-refractivity contribution in [3.63, 3.8) is 0 Å². The summed E-state index contributed by atoms with van der Waals surface area (Å²) in [6.07, 6.45) is 4.46. The first-order valence-electron chi connectivity index (χ1n) is 8.58. The van der Waals surface area contributed by atoms with Crippen LogP contribution in [0.5, 0.6) is 0 Å². The van der Waals surface area contributed by atoms with Crippen LogP contribution >= 0.6 is 0 Å². The molecule has 0 aliphatic rings. The summed E-state index contributed by atoms with van der Waals surface area (Å²) in [5.74, 6) is 0.553. The van der Waals surface area contributed by atoms with Gasteiger partial charge in [-0.25, -0.2) is 0 Å². The summed E-state index contributed by atoms with van der Waals surface area (Å²) in [5, 5.41) is 0. The normalized spacial score (nSPS) is 10.8. The molecule has 0 aliphatic carbocycles. The van der Waals surface area contributed by atoms with Crippen molar-refractivity contribution >= 4 is 5.91 Å². The van der Waals surface area contributed by atoms with Gasteiger partial charge in [-0.3, -0.25) is 4.79 Å². The minimum atomic E-state index is 0.188. The van der Waals surface area contributed by atoms with E-state index in [1.807, 2.05) is 11.0 Å². The van der Waals surface area contributed by atoms with Gasteiger partial charge in [0.15, 0.2) is 0 Å². The van der Waals surface area contributed by atoms with Crippen LogP contribution in [0.3, 0.4) is 0 Å². The van der Waals surface area contributed by atoms with Gasteiger partial charge in [0.05, 0.1) is 6.54 Å². The first-order valence-corrected chi connectivity index (χ1v) is 8.58. The molecule has 0 N–H and O–H groups in total. The van der Waals surface area contributed by atoms with Gasteiger partial charge in [0.1, 0.15) is 0 Å². The molecule has 2 rings (SSSR count). The Bertz CT molecular complexity index is 685. The van der Waals surface area contributed by atoms with E-state index >= 15 is 0 Å². The van der Waals surface area contributed by atoms with Crippen LogP contribution in [0.15, 0.2) is 55.3 Å². The third-order valence-electron chi connectivity index (χ3n) is 4.16. The van der Waals surface area contributed by atoms with E-state index in [9.17, 15) is 4.79 Å². The number of hydrogen-bond acceptors (Lipinski definition) is 1. The van der Waals surface area contributed by atoms with E-state index in [-0.39, 0.29) is 5.91 Å². The highest BCUT2D eigenvalue weighted by molar-refractivity contribution is 5.76. The van der Waals surface area contributed by atoms with Crippen molar-refractivity contribution in [2.24, 2.45) is 5.92 Å². The van der Waals surface area contributed by atoms with Crippen LogP contribution in [-0.2, 0) is 17.9 Å². The highest BCUT2D eigenvalue weighted by Gasteiger charge is 2.16. The van der Waals surface area contributed by atoms with Crippen molar-refractivity contribution in [1.29, 1.82) is 0 Å². The number of aromatic nitrogens is 1. The molecule has 0 saturated carbocycles. The van der Waals surface area contributed by atoms with Crippen molar-refractivity contribution in [2.75, 3.05) is 6.54 Å². The van der Waals surface area contributed by atoms with Crippen molar-refractivity contribution < 1.29 is 4.79 Å². The van der Waals surface area contributed by atoms with Gasteiger partial charge >= 0.3 is 0 Å². The highest BCUT2D eigenvalue weighted by atomic mass is 16.2. The lowest BCUT2D eigenvalue weighted by molar-refractivity contribution is -0.132. The number of amides is 1. The van der Waals surface area contributed by atoms with Gasteiger partial charge in [-0.2, -0.15) is 0 Å². The van der Waals surface area contributed by atoms with E-state index < -0.39 is 0 Å². The Morgan fingerprint density at radius 2 is 2.00 bits per heavy atom. The van der Waals surface area contributed by atoms with Gasteiger partial charge in [-0.1, -0.05) is 44.2 Å². The molecule has 2 aromatic rings. The van der Waals surface area contributed by atoms with Crippen molar-refractivity contribution in [2.45, 2.75) is 40.3 Å². The Labute approximate surface area is 145 Å². The van der Waals surface area contributed by atoms with Gasteiger partial charge in [0, 0.05) is 31.4 Å². The Morgan fingerprint density at radius 1 is 1.25 bits per heavy atom. The molecule has 0 radical (unpaired) electrons. The monoisotopic (exact) mass is 324 g/mol. The largest absolute Gasteiger partial charge is 0.345 e. The molecule has 0 atom stereocenters. The van der Waals surface area contributed by atoms with Gasteiger partial charge in [-0.05, 0) is 36.1 Å². The first kappa shape index (κ1) is 18.1. The zero-order valence-electron chi connectivity index (χ0n) is 15.0. The maximum atomic E-state index is 12.5. The van der Waals surface area contributed by atoms with Crippen molar-refractivity contribution in [3.05, 3.63) is 72.1 Å². The summed E-state index contributed by atoms with van der Waals surface area (Å²) in [6, 6.07) is 12.6. The lowest BCUT2D eigenvalue weighted by Crippen LogP contribution is -2.32. The molecule has 24 heavy (non-hydrogen) atoms. The Kier molecular flexibility index (Phi) is 6.42. The summed E-state index contributed by atoms with van der Waals surface area (Å²) in [4.78, 5) is 14.3. The predicted octanol–water partition coefficient (Wildman–Crippen LogP) is 4.41. The standard InChI is InChI=1S/C21H28N2O/c1-5-12-23(21(24)14-17(2)3)16-20-11-8-13-22(20)15-19-10-7-6-9-18(19)4/h5-11,13,17H,1,12,14-16H2,2-4H3. The van der Waals surface area contributed by atoms with E-state index in [0.717, 1.165) is 12.2 Å². The van der Waals surface area contributed by atoms with E-state index in [1.165, 1.54) is 11.1 Å². The van der Waals surface area contributed by atoms with Crippen LogP contribution in [-0.4, -0.2) is 21.9 Å². The molecule has 0 fully saturated rings. The molecule has 1 aromatic carbocycles. The fraction of sp³-hybridized carbons (Fsp3) is 0.381. The van der Waals surface area contributed by atoms with Crippen LogP contribution in [0.2, 0.25) is 0 Å². The fourth-order valence-corrected chi connectivity index (χ4v) is 2.80. The number of nitrogens with zero attached hydrogens (tertiary/aromatic N) is 2. The highest BCUT2D eigenvalue weighted by Crippen LogP contribution is 2.15. The summed E-state index contributed by atoms with van der Waals surface area (Å²) < 4.78 is 2.22. The summed E-state index contributed by atoms with van der Waals surface area (Å²) in [5.41, 5.74) is 3.74. The number of rotatable bonds is 8. The van der Waals surface area contributed by atoms with Crippen molar-refractivity contribution in [3.8, 4) is 0 Å². The van der Waals surface area contributed by atoms with Crippen LogP contribution in [0.4, 0.5) is 0 Å². The lowest BCUT2D eigenvalue weighted by atomic mass is 10.1. The van der Waals surface area contributed by atoms with Gasteiger partial charge < -0.3 is 9.47 Å². The Morgan fingerprint density at radius 3 is 2.67 bits per heavy atom. The number of carbonyl (C=O) groups excluding carboxylic acids is 1. The molecular weight excluding hydrogens is 296 g/mol. The van der Waals surface area contributed by atoms with Crippen LogP contribution in [0, 0.1) is 12.8 Å². The smallest absolute Gasteiger partial charge is 0.223 e. The second kappa shape index (κ2) is 8.53. The Hall–Kier alpha value is -2.29. The second-order valence-corrected chi connectivity index (χ2v) is 6.71. The minimum absolute atomic E-state index is 0.188. The zero-order valence-corrected chi connectivity index (χ0v) is 15.0. The molecule has 0 aliphatic heterocycles. The number of hydrogen-bond donors (Lipinski definition) is 0. The molecule has 128 valence electrons. The fourth-order valence-electron chi connectivity index (χ4n) is 2.80. The lowest BCUT2D eigenvalue weighted by Gasteiger charge is -2.23. The molecule has 1 heterocycles. The minimum Gasteiger partial charge on any atom is -0.345 e. The quantitative estimate of drug-likeness (QED) is 0.661. The third-order valence-corrected chi connectivity index (χ3v) is 4.16. The maximum Gasteiger partial charge on any atom is 0.223 e. The molecule has 3 nitrogen and oxygen atoms in total. The molecular formula is C21H28N2O. The molecule has 0 spiro atoms. The van der Waals surface area contributed by atoms with E-state index in [2.05, 4.69) is 68.4 Å². The number of carbonyl (C=O) groups is 1. The summed E-state index contributed by atoms with van der Waals surface area (Å²) in [6.45, 7) is 12.1. The maximum absolute atomic E-state index is 12.5. The summed E-state index contributed by atoms with van der Waals surface area (Å²) >= 11 is 0. The SMILES string of the molecule is C=CCN(Cc1cccn1Cc1ccccc1C)C(=O)CC(C)C. The van der Waals surface area contributed by atoms with Crippen LogP contribution in [0.1, 0.15) is 37.1 Å². The predicted molar refractivity (Wildman–Crippen MR) is 99.8 cm³/mol. The molecule has 0 saturated heterocycles. The molecule has 0 bridgehead atoms. The van der Waals surface area contributed by atoms with E-state index in [4.69, 9.17) is 0 Å². The third kappa shape index (κ3) is 4.85. The molecule has 3 heteroatoms. The first-order chi connectivity index (χ1) is 11.5. The van der Waals surface area contributed by atoms with Gasteiger partial charge in [0.2, 0.25) is 5.91 Å². The average Bonchev–Trinajstić information content (AvgIpc) is 2.95. The molecule has 1 amide bonds. The average molecular weight is 324 g/mol. The second-order valence-electron chi connectivity index (χ2n) is 6.71. The molecule has 0 unspecified atom stereocenters. The number of benzene rings is 1.